The lowest BCUT2D eigenvalue weighted by Gasteiger charge is -2.32. The third-order valence-corrected chi connectivity index (χ3v) is 7.73. The number of carbonyl (C=O) groups is 2. The van der Waals surface area contributed by atoms with E-state index in [4.69, 9.17) is 4.42 Å². The molecule has 1 aliphatic carbocycles. The van der Waals surface area contributed by atoms with E-state index in [9.17, 15) is 36.6 Å². The van der Waals surface area contributed by atoms with Crippen LogP contribution in [0.5, 0.6) is 0 Å². The van der Waals surface area contributed by atoms with E-state index in [0.717, 1.165) is 4.90 Å². The number of benzene rings is 1. The van der Waals surface area contributed by atoms with Gasteiger partial charge >= 0.3 is 12.2 Å². The van der Waals surface area contributed by atoms with E-state index in [1.54, 1.807) is 0 Å². The highest BCUT2D eigenvalue weighted by molar-refractivity contribution is 5.92. The van der Waals surface area contributed by atoms with Crippen molar-refractivity contribution in [3.05, 3.63) is 47.6 Å². The highest BCUT2D eigenvalue weighted by Crippen LogP contribution is 2.42. The fourth-order valence-corrected chi connectivity index (χ4v) is 5.47. The monoisotopic (exact) mass is 584 g/mol. The predicted octanol–water partition coefficient (Wildman–Crippen LogP) is 4.33. The molecule has 3 aromatic rings. The number of aromatic nitrogens is 3. The zero-order valence-electron chi connectivity index (χ0n) is 22.0. The van der Waals surface area contributed by atoms with Crippen LogP contribution in [-0.2, 0) is 6.54 Å². The van der Waals surface area contributed by atoms with Crippen molar-refractivity contribution in [2.75, 3.05) is 13.2 Å². The van der Waals surface area contributed by atoms with Gasteiger partial charge in [-0.05, 0) is 49.4 Å². The number of alkyl halides is 5. The summed E-state index contributed by atoms with van der Waals surface area (Å²) in [5.74, 6) is -3.59. The Kier molecular flexibility index (Phi) is 7.66. The minimum Gasteiger partial charge on any atom is -0.438 e. The molecule has 2 aliphatic rings. The fourth-order valence-electron chi connectivity index (χ4n) is 5.47. The molecular formula is C26H29F5N6O4. The molecule has 1 aliphatic heterocycles. The molecule has 15 heteroatoms. The molecule has 3 atom stereocenters. The Labute approximate surface area is 230 Å². The van der Waals surface area contributed by atoms with Crippen molar-refractivity contribution in [3.8, 4) is 0 Å². The van der Waals surface area contributed by atoms with Gasteiger partial charge < -0.3 is 25.1 Å². The van der Waals surface area contributed by atoms with Crippen molar-refractivity contribution < 1.29 is 41.1 Å². The number of aliphatic hydroxyl groups excluding tert-OH is 1. The molecule has 0 radical (unpaired) electrons. The third kappa shape index (κ3) is 5.85. The van der Waals surface area contributed by atoms with E-state index >= 15 is 0 Å². The van der Waals surface area contributed by atoms with Crippen molar-refractivity contribution >= 4 is 23.0 Å². The maximum Gasteiger partial charge on any atom is 0.410 e. The van der Waals surface area contributed by atoms with Gasteiger partial charge in [0.05, 0.1) is 19.2 Å². The van der Waals surface area contributed by atoms with E-state index in [1.807, 2.05) is 12.2 Å². The van der Waals surface area contributed by atoms with Crippen LogP contribution in [0.15, 0.2) is 34.9 Å². The predicted molar refractivity (Wildman–Crippen MR) is 134 cm³/mol. The summed E-state index contributed by atoms with van der Waals surface area (Å²) in [5, 5.41) is 18.8. The van der Waals surface area contributed by atoms with E-state index in [1.165, 1.54) is 35.1 Å². The highest BCUT2D eigenvalue weighted by atomic mass is 19.4. The van der Waals surface area contributed by atoms with Crippen LogP contribution in [0.4, 0.5) is 26.7 Å². The first kappa shape index (κ1) is 28.8. The number of fused-ring (bicyclic) bond motifs is 1. The van der Waals surface area contributed by atoms with Gasteiger partial charge in [0.15, 0.2) is 5.58 Å². The van der Waals surface area contributed by atoms with Crippen LogP contribution < -0.4 is 10.6 Å². The van der Waals surface area contributed by atoms with Gasteiger partial charge in [0.25, 0.3) is 5.91 Å². The number of aliphatic hydroxyl groups is 1. The summed E-state index contributed by atoms with van der Waals surface area (Å²) in [6, 6.07) is 1.06. The minimum atomic E-state index is -4.65. The Bertz CT molecular complexity index is 1410. The second-order valence-corrected chi connectivity index (χ2v) is 10.4. The van der Waals surface area contributed by atoms with Crippen LogP contribution in [0.1, 0.15) is 66.6 Å². The molecule has 3 N–H and O–H groups in total. The molecule has 3 amide bonds. The van der Waals surface area contributed by atoms with Gasteiger partial charge in [-0.15, -0.1) is 0 Å². The molecule has 3 heterocycles. The zero-order valence-corrected chi connectivity index (χ0v) is 22.0. The molecule has 0 unspecified atom stereocenters. The van der Waals surface area contributed by atoms with Crippen molar-refractivity contribution in [1.29, 1.82) is 0 Å². The lowest BCUT2D eigenvalue weighted by Crippen LogP contribution is -2.40. The van der Waals surface area contributed by atoms with Gasteiger partial charge in [0.1, 0.15) is 23.3 Å². The summed E-state index contributed by atoms with van der Waals surface area (Å²) in [6.45, 7) is 0.933. The van der Waals surface area contributed by atoms with Crippen molar-refractivity contribution in [2.24, 2.45) is 5.92 Å². The lowest BCUT2D eigenvalue weighted by molar-refractivity contribution is -0.150. The first-order valence-corrected chi connectivity index (χ1v) is 13.3. The average Bonchev–Trinajstić information content (AvgIpc) is 3.66. The molecule has 10 nitrogen and oxygen atoms in total. The summed E-state index contributed by atoms with van der Waals surface area (Å²) in [4.78, 5) is 30.9. The first-order valence-electron chi connectivity index (χ1n) is 13.3. The van der Waals surface area contributed by atoms with Crippen LogP contribution in [0.25, 0.3) is 11.1 Å². The summed E-state index contributed by atoms with van der Waals surface area (Å²) in [5.41, 5.74) is 1.15. The van der Waals surface area contributed by atoms with E-state index in [0.29, 0.717) is 12.1 Å². The molecule has 222 valence electrons. The summed E-state index contributed by atoms with van der Waals surface area (Å²) >= 11 is 0. The second-order valence-electron chi connectivity index (χ2n) is 10.4. The number of aryl methyl sites for hydroxylation is 1. The second kappa shape index (κ2) is 10.9. The maximum absolute atomic E-state index is 13.9. The first-order chi connectivity index (χ1) is 19.4. The van der Waals surface area contributed by atoms with Gasteiger partial charge in [0.2, 0.25) is 11.8 Å². The molecule has 2 fully saturated rings. The summed E-state index contributed by atoms with van der Waals surface area (Å²) in [7, 11) is 0. The lowest BCUT2D eigenvalue weighted by atomic mass is 9.82. The Balaban J connectivity index is 1.44. The van der Waals surface area contributed by atoms with Gasteiger partial charge in [-0.25, -0.2) is 18.6 Å². The number of rotatable bonds is 8. The standard InChI is InChI=1S/C26H29F5N6O4/c1-2-37-17(7-10-32-37)22(39)35-21(14-5-8-25(27,28)9-6-14)23-33-16-11-15(3-4-19(16)41-23)18(13-38)36-12-20(26(29,30)31)34-24(36)40/h3-4,7,10-11,14,18,20-21,38H,2,5-6,8-9,12-13H2,1H3,(H,34,40)(H,35,39)/t18-,20-,21-/m0/s1. The van der Waals surface area contributed by atoms with Crippen molar-refractivity contribution in [2.45, 2.75) is 69.4 Å². The highest BCUT2D eigenvalue weighted by Gasteiger charge is 2.48. The Morgan fingerprint density at radius 1 is 1.27 bits per heavy atom. The number of nitrogens with one attached hydrogen (secondary N) is 2. The molecule has 2 aromatic heterocycles. The average molecular weight is 585 g/mol. The van der Waals surface area contributed by atoms with Gasteiger partial charge in [0, 0.05) is 25.6 Å². The Morgan fingerprint density at radius 3 is 2.63 bits per heavy atom. The number of oxazole rings is 1. The molecule has 0 bridgehead atoms. The van der Waals surface area contributed by atoms with Crippen LogP contribution in [0.2, 0.25) is 0 Å². The number of hydrogen-bond acceptors (Lipinski definition) is 6. The quantitative estimate of drug-likeness (QED) is 0.339. The van der Waals surface area contributed by atoms with Gasteiger partial charge in [-0.3, -0.25) is 9.48 Å². The smallest absolute Gasteiger partial charge is 0.410 e. The Hall–Kier alpha value is -3.75. The number of carbonyl (C=O) groups excluding carboxylic acids is 2. The third-order valence-electron chi connectivity index (χ3n) is 7.73. The SMILES string of the molecule is CCn1nccc1C(=O)N[C@H](c1nc2cc([C@H](CO)N3C[C@@H](C(F)(F)F)NC3=O)ccc2o1)C1CCC(F)(F)CC1. The van der Waals surface area contributed by atoms with Crippen molar-refractivity contribution in [1.82, 2.24) is 30.3 Å². The molecule has 1 saturated carbocycles. The normalized spacial score (nSPS) is 21.2. The number of hydrogen-bond donors (Lipinski definition) is 3. The van der Waals surface area contributed by atoms with Gasteiger partial charge in [-0.1, -0.05) is 6.07 Å². The molecular weight excluding hydrogens is 555 g/mol. The molecule has 5 rings (SSSR count). The number of urea groups is 1. The number of nitrogens with zero attached hydrogens (tertiary/aromatic N) is 4. The zero-order chi connectivity index (χ0) is 29.5. The summed E-state index contributed by atoms with van der Waals surface area (Å²) < 4.78 is 74.9. The van der Waals surface area contributed by atoms with E-state index in [-0.39, 0.29) is 48.4 Å². The topological polar surface area (TPSA) is 126 Å². The Morgan fingerprint density at radius 2 is 2.00 bits per heavy atom. The largest absolute Gasteiger partial charge is 0.438 e. The molecule has 1 aromatic carbocycles. The van der Waals surface area contributed by atoms with E-state index in [2.05, 4.69) is 15.4 Å². The number of halogens is 5. The van der Waals surface area contributed by atoms with Crippen LogP contribution in [-0.4, -0.2) is 68.0 Å². The van der Waals surface area contributed by atoms with Crippen LogP contribution >= 0.6 is 0 Å². The van der Waals surface area contributed by atoms with Crippen molar-refractivity contribution in [3.63, 3.8) is 0 Å². The minimum absolute atomic E-state index is 0.0832. The molecule has 0 spiro atoms. The van der Waals surface area contributed by atoms with E-state index < -0.39 is 61.2 Å². The summed E-state index contributed by atoms with van der Waals surface area (Å²) in [6.07, 6.45) is -3.64. The van der Waals surface area contributed by atoms with Crippen LogP contribution in [0.3, 0.4) is 0 Å². The maximum atomic E-state index is 13.9. The van der Waals surface area contributed by atoms with Gasteiger partial charge in [-0.2, -0.15) is 18.3 Å². The van der Waals surface area contributed by atoms with Crippen LogP contribution in [0, 0.1) is 5.92 Å². The molecule has 1 saturated heterocycles. The number of amides is 3. The molecule has 41 heavy (non-hydrogen) atoms. The fraction of sp³-hybridized carbons (Fsp3) is 0.538.